The summed E-state index contributed by atoms with van der Waals surface area (Å²) in [6.45, 7) is 3.09. The fourth-order valence-electron chi connectivity index (χ4n) is 3.09. The van der Waals surface area contributed by atoms with Gasteiger partial charge in [0.15, 0.2) is 0 Å². The van der Waals surface area contributed by atoms with Crippen molar-refractivity contribution in [2.75, 3.05) is 25.5 Å². The van der Waals surface area contributed by atoms with Crippen LogP contribution in [-0.2, 0) is 13.0 Å². The van der Waals surface area contributed by atoms with Crippen molar-refractivity contribution < 1.29 is 0 Å². The number of nitrogens with one attached hydrogen (secondary N) is 1. The van der Waals surface area contributed by atoms with Crippen LogP contribution >= 0.6 is 11.6 Å². The van der Waals surface area contributed by atoms with E-state index in [1.807, 2.05) is 18.2 Å². The van der Waals surface area contributed by atoms with Gasteiger partial charge in [-0.3, -0.25) is 0 Å². The molecule has 1 aliphatic heterocycles. The largest absolute Gasteiger partial charge is 0.384 e. The topological polar surface area (TPSA) is 15.3 Å². The molecule has 0 aliphatic carbocycles. The molecule has 3 rings (SSSR count). The van der Waals surface area contributed by atoms with Gasteiger partial charge in [0.05, 0.1) is 0 Å². The molecule has 2 nitrogen and oxygen atoms in total. The molecule has 1 heterocycles. The van der Waals surface area contributed by atoms with Gasteiger partial charge in [-0.25, -0.2) is 0 Å². The molecule has 0 spiro atoms. The zero-order chi connectivity index (χ0) is 14.7. The number of rotatable bonds is 4. The smallest absolute Gasteiger partial charge is 0.0409 e. The Hall–Kier alpha value is -1.51. The molecule has 2 aromatic rings. The summed E-state index contributed by atoms with van der Waals surface area (Å²) in [5.41, 5.74) is 4.00. The number of para-hydroxylation sites is 1. The fourth-order valence-corrected chi connectivity index (χ4v) is 3.30. The number of benzene rings is 2. The van der Waals surface area contributed by atoms with Gasteiger partial charge in [-0.05, 0) is 48.7 Å². The molecular formula is C18H21ClN2. The van der Waals surface area contributed by atoms with Gasteiger partial charge in [-0.2, -0.15) is 0 Å². The van der Waals surface area contributed by atoms with Gasteiger partial charge < -0.3 is 10.2 Å². The van der Waals surface area contributed by atoms with E-state index in [0.717, 1.165) is 31.1 Å². The molecule has 0 fully saturated rings. The predicted octanol–water partition coefficient (Wildman–Crippen LogP) is 4.06. The van der Waals surface area contributed by atoms with Crippen LogP contribution in [-0.4, -0.2) is 25.0 Å². The number of nitrogens with zero attached hydrogens (tertiary/aromatic N) is 1. The summed E-state index contributed by atoms with van der Waals surface area (Å²) in [4.78, 5) is 2.38. The van der Waals surface area contributed by atoms with Crippen molar-refractivity contribution in [3.05, 3.63) is 64.7 Å². The molecule has 3 heteroatoms. The van der Waals surface area contributed by atoms with E-state index in [-0.39, 0.29) is 0 Å². The average molecular weight is 301 g/mol. The van der Waals surface area contributed by atoms with Crippen LogP contribution < -0.4 is 5.32 Å². The van der Waals surface area contributed by atoms with Crippen LogP contribution in [0.15, 0.2) is 48.5 Å². The molecule has 0 amide bonds. The molecule has 1 N–H and O–H groups in total. The molecule has 0 aromatic heterocycles. The molecule has 1 aliphatic rings. The van der Waals surface area contributed by atoms with E-state index in [4.69, 9.17) is 11.6 Å². The van der Waals surface area contributed by atoms with Gasteiger partial charge in [0.2, 0.25) is 0 Å². The number of halogens is 1. The van der Waals surface area contributed by atoms with Crippen LogP contribution in [0.25, 0.3) is 0 Å². The lowest BCUT2D eigenvalue weighted by Gasteiger charge is -2.29. The predicted molar refractivity (Wildman–Crippen MR) is 89.9 cm³/mol. The first-order valence-electron chi connectivity index (χ1n) is 7.45. The minimum Gasteiger partial charge on any atom is -0.384 e. The molecule has 1 unspecified atom stereocenters. The maximum atomic E-state index is 6.05. The van der Waals surface area contributed by atoms with Crippen LogP contribution in [0.3, 0.4) is 0 Å². The Morgan fingerprint density at radius 2 is 2.05 bits per heavy atom. The second-order valence-corrected chi connectivity index (χ2v) is 6.37. The molecule has 0 radical (unpaired) electrons. The van der Waals surface area contributed by atoms with Gasteiger partial charge in [-0.1, -0.05) is 41.9 Å². The molecule has 1 atom stereocenters. The molecule has 21 heavy (non-hydrogen) atoms. The third-order valence-electron chi connectivity index (χ3n) is 4.02. The highest BCUT2D eigenvalue weighted by Crippen LogP contribution is 2.24. The highest BCUT2D eigenvalue weighted by molar-refractivity contribution is 6.30. The normalized spacial score (nSPS) is 17.4. The quantitative estimate of drug-likeness (QED) is 0.916. The van der Waals surface area contributed by atoms with E-state index in [1.54, 1.807) is 0 Å². The molecular weight excluding hydrogens is 280 g/mol. The first kappa shape index (κ1) is 14.4. The van der Waals surface area contributed by atoms with Gasteiger partial charge in [-0.15, -0.1) is 0 Å². The Morgan fingerprint density at radius 1 is 1.19 bits per heavy atom. The van der Waals surface area contributed by atoms with Gasteiger partial charge in [0.25, 0.3) is 0 Å². The monoisotopic (exact) mass is 300 g/mol. The van der Waals surface area contributed by atoms with Crippen molar-refractivity contribution in [2.45, 2.75) is 13.0 Å². The summed E-state index contributed by atoms with van der Waals surface area (Å²) < 4.78 is 0. The van der Waals surface area contributed by atoms with E-state index in [1.165, 1.54) is 16.8 Å². The zero-order valence-corrected chi connectivity index (χ0v) is 13.1. The number of anilines is 1. The second-order valence-electron chi connectivity index (χ2n) is 5.93. The van der Waals surface area contributed by atoms with Crippen LogP contribution in [0.2, 0.25) is 5.02 Å². The third-order valence-corrected chi connectivity index (χ3v) is 4.25. The Kier molecular flexibility index (Phi) is 4.47. The first-order chi connectivity index (χ1) is 10.2. The molecule has 0 bridgehead atoms. The summed E-state index contributed by atoms with van der Waals surface area (Å²) in [5, 5.41) is 4.36. The van der Waals surface area contributed by atoms with Crippen LogP contribution in [0.5, 0.6) is 0 Å². The van der Waals surface area contributed by atoms with Crippen molar-refractivity contribution in [1.29, 1.82) is 0 Å². The summed E-state index contributed by atoms with van der Waals surface area (Å²) in [6.07, 6.45) is 1.16. The maximum Gasteiger partial charge on any atom is 0.0409 e. The SMILES string of the molecule is CN(Cc1cccc(Cl)c1)CC1CNc2ccccc2C1. The van der Waals surface area contributed by atoms with Crippen LogP contribution in [0.1, 0.15) is 11.1 Å². The number of hydrogen-bond donors (Lipinski definition) is 1. The molecule has 110 valence electrons. The van der Waals surface area contributed by atoms with E-state index in [0.29, 0.717) is 5.92 Å². The van der Waals surface area contributed by atoms with E-state index in [2.05, 4.69) is 47.6 Å². The van der Waals surface area contributed by atoms with E-state index < -0.39 is 0 Å². The minimum absolute atomic E-state index is 0.657. The lowest BCUT2D eigenvalue weighted by Crippen LogP contribution is -2.33. The fraction of sp³-hybridized carbons (Fsp3) is 0.333. The summed E-state index contributed by atoms with van der Waals surface area (Å²) in [5.74, 6) is 0.657. The van der Waals surface area contributed by atoms with Crippen molar-refractivity contribution in [1.82, 2.24) is 4.90 Å². The Morgan fingerprint density at radius 3 is 2.90 bits per heavy atom. The highest BCUT2D eigenvalue weighted by atomic mass is 35.5. The summed E-state index contributed by atoms with van der Waals surface area (Å²) in [6, 6.07) is 16.7. The first-order valence-corrected chi connectivity index (χ1v) is 7.83. The van der Waals surface area contributed by atoms with Gasteiger partial charge >= 0.3 is 0 Å². The van der Waals surface area contributed by atoms with E-state index in [9.17, 15) is 0 Å². The number of hydrogen-bond acceptors (Lipinski definition) is 2. The van der Waals surface area contributed by atoms with E-state index >= 15 is 0 Å². The third kappa shape index (κ3) is 3.78. The lowest BCUT2D eigenvalue weighted by atomic mass is 9.93. The number of fused-ring (bicyclic) bond motifs is 1. The summed E-state index contributed by atoms with van der Waals surface area (Å²) in [7, 11) is 2.18. The van der Waals surface area contributed by atoms with Gasteiger partial charge in [0, 0.05) is 30.3 Å². The van der Waals surface area contributed by atoms with Crippen molar-refractivity contribution in [3.63, 3.8) is 0 Å². The van der Waals surface area contributed by atoms with Crippen molar-refractivity contribution in [3.8, 4) is 0 Å². The second kappa shape index (κ2) is 6.50. The van der Waals surface area contributed by atoms with Gasteiger partial charge in [0.1, 0.15) is 0 Å². The van der Waals surface area contributed by atoms with Crippen molar-refractivity contribution >= 4 is 17.3 Å². The summed E-state index contributed by atoms with van der Waals surface area (Å²) >= 11 is 6.05. The Balaban J connectivity index is 1.57. The maximum absolute atomic E-state index is 6.05. The Bertz CT molecular complexity index is 612. The lowest BCUT2D eigenvalue weighted by molar-refractivity contribution is 0.271. The van der Waals surface area contributed by atoms with Crippen LogP contribution in [0.4, 0.5) is 5.69 Å². The minimum atomic E-state index is 0.657. The average Bonchev–Trinajstić information content (AvgIpc) is 2.47. The molecule has 0 saturated heterocycles. The molecule has 2 aromatic carbocycles. The van der Waals surface area contributed by atoms with Crippen molar-refractivity contribution in [2.24, 2.45) is 5.92 Å². The highest BCUT2D eigenvalue weighted by Gasteiger charge is 2.19. The van der Waals surface area contributed by atoms with Crippen LogP contribution in [0, 0.1) is 5.92 Å². The molecule has 0 saturated carbocycles. The standard InChI is InChI=1S/C18H21ClN2/c1-21(12-14-5-4-7-17(19)10-14)13-15-9-16-6-2-3-8-18(16)20-11-15/h2-8,10,15,20H,9,11-13H2,1H3. The zero-order valence-electron chi connectivity index (χ0n) is 12.3. The Labute approximate surface area is 131 Å².